The minimum Gasteiger partial charge on any atom is -0.334 e. The zero-order valence-corrected chi connectivity index (χ0v) is 9.87. The van der Waals surface area contributed by atoms with Crippen molar-refractivity contribution in [3.05, 3.63) is 17.7 Å². The van der Waals surface area contributed by atoms with Crippen LogP contribution in [0.3, 0.4) is 0 Å². The zero-order valence-electron chi connectivity index (χ0n) is 9.87. The first-order valence-electron chi connectivity index (χ1n) is 5.97. The normalized spacial score (nSPS) is 19.1. The van der Waals surface area contributed by atoms with Gasteiger partial charge in [0.25, 0.3) is 0 Å². The van der Waals surface area contributed by atoms with Crippen molar-refractivity contribution in [2.24, 2.45) is 7.05 Å². The van der Waals surface area contributed by atoms with Crippen LogP contribution in [0.25, 0.3) is 0 Å². The van der Waals surface area contributed by atoms with Crippen LogP contribution in [0.4, 0.5) is 0 Å². The summed E-state index contributed by atoms with van der Waals surface area (Å²) in [6.07, 6.45) is 7.46. The molecule has 3 nitrogen and oxygen atoms in total. The maximum absolute atomic E-state index is 4.46. The van der Waals surface area contributed by atoms with E-state index in [9.17, 15) is 0 Å². The van der Waals surface area contributed by atoms with Crippen molar-refractivity contribution >= 4 is 0 Å². The van der Waals surface area contributed by atoms with Crippen molar-refractivity contribution in [2.45, 2.75) is 39.2 Å². The van der Waals surface area contributed by atoms with Crippen LogP contribution in [0.2, 0.25) is 0 Å². The van der Waals surface area contributed by atoms with Gasteiger partial charge in [0, 0.05) is 18.9 Å². The lowest BCUT2D eigenvalue weighted by molar-refractivity contribution is 0.267. The molecule has 0 spiro atoms. The fraction of sp³-hybridized carbons (Fsp3) is 0.750. The first kappa shape index (κ1) is 10.7. The lowest BCUT2D eigenvalue weighted by Crippen LogP contribution is -2.25. The molecule has 0 aromatic carbocycles. The van der Waals surface area contributed by atoms with Gasteiger partial charge < -0.3 is 4.57 Å². The van der Waals surface area contributed by atoms with Gasteiger partial charge in [-0.3, -0.25) is 4.90 Å². The Hall–Kier alpha value is -0.830. The molecule has 1 aliphatic heterocycles. The van der Waals surface area contributed by atoms with Crippen molar-refractivity contribution in [2.75, 3.05) is 13.1 Å². The van der Waals surface area contributed by atoms with Gasteiger partial charge in [0.05, 0.1) is 6.54 Å². The molecule has 1 aromatic rings. The third-order valence-corrected chi connectivity index (χ3v) is 3.38. The molecule has 0 unspecified atom stereocenters. The van der Waals surface area contributed by atoms with Crippen LogP contribution in [-0.4, -0.2) is 27.5 Å². The summed E-state index contributed by atoms with van der Waals surface area (Å²) in [7, 11) is 2.11. The van der Waals surface area contributed by atoms with Gasteiger partial charge in [-0.15, -0.1) is 0 Å². The number of nitrogens with zero attached hydrogens (tertiary/aromatic N) is 3. The van der Waals surface area contributed by atoms with Gasteiger partial charge in [0.2, 0.25) is 0 Å². The summed E-state index contributed by atoms with van der Waals surface area (Å²) in [4.78, 5) is 7.00. The molecule has 2 rings (SSSR count). The van der Waals surface area contributed by atoms with E-state index in [1.165, 1.54) is 50.3 Å². The van der Waals surface area contributed by atoms with Crippen LogP contribution in [0.15, 0.2) is 6.20 Å². The second kappa shape index (κ2) is 4.79. The molecule has 1 saturated heterocycles. The number of hydrogen-bond acceptors (Lipinski definition) is 2. The Kier molecular flexibility index (Phi) is 3.41. The molecule has 0 radical (unpaired) electrons. The van der Waals surface area contributed by atoms with Crippen LogP contribution < -0.4 is 0 Å². The predicted octanol–water partition coefficient (Wildman–Crippen LogP) is 2.10. The van der Waals surface area contributed by atoms with Crippen LogP contribution in [0.5, 0.6) is 0 Å². The summed E-state index contributed by atoms with van der Waals surface area (Å²) in [6, 6.07) is 0. The first-order valence-corrected chi connectivity index (χ1v) is 5.97. The third kappa shape index (κ3) is 2.59. The highest BCUT2D eigenvalue weighted by molar-refractivity contribution is 5.02. The molecule has 1 fully saturated rings. The minimum atomic E-state index is 1.02. The molecule has 0 N–H and O–H groups in total. The first-order chi connectivity index (χ1) is 7.27. The number of likely N-dealkylation sites (tertiary alicyclic amines) is 1. The summed E-state index contributed by atoms with van der Waals surface area (Å²) in [6.45, 7) is 5.61. The van der Waals surface area contributed by atoms with Crippen LogP contribution in [0.1, 0.15) is 37.2 Å². The Balaban J connectivity index is 1.98. The van der Waals surface area contributed by atoms with E-state index in [0.717, 1.165) is 6.54 Å². The van der Waals surface area contributed by atoms with Crippen molar-refractivity contribution in [1.82, 2.24) is 14.5 Å². The molecular formula is C12H21N3. The van der Waals surface area contributed by atoms with E-state index in [1.807, 2.05) is 6.20 Å². The summed E-state index contributed by atoms with van der Waals surface area (Å²) >= 11 is 0. The average Bonchev–Trinajstić information content (AvgIpc) is 2.50. The van der Waals surface area contributed by atoms with Crippen LogP contribution in [0, 0.1) is 6.92 Å². The molecular weight excluding hydrogens is 186 g/mol. The SMILES string of the molecule is Cc1cnc(CN2CCCCCC2)n1C. The van der Waals surface area contributed by atoms with E-state index >= 15 is 0 Å². The number of hydrogen-bond donors (Lipinski definition) is 0. The maximum atomic E-state index is 4.46. The van der Waals surface area contributed by atoms with Crippen molar-refractivity contribution in [3.63, 3.8) is 0 Å². The molecule has 15 heavy (non-hydrogen) atoms. The highest BCUT2D eigenvalue weighted by atomic mass is 15.2. The molecule has 84 valence electrons. The number of aromatic nitrogens is 2. The van der Waals surface area contributed by atoms with Gasteiger partial charge in [-0.1, -0.05) is 12.8 Å². The third-order valence-electron chi connectivity index (χ3n) is 3.38. The van der Waals surface area contributed by atoms with E-state index in [4.69, 9.17) is 0 Å². The number of aryl methyl sites for hydroxylation is 1. The van der Waals surface area contributed by atoms with E-state index < -0.39 is 0 Å². The van der Waals surface area contributed by atoms with E-state index in [0.29, 0.717) is 0 Å². The molecule has 0 aliphatic carbocycles. The lowest BCUT2D eigenvalue weighted by Gasteiger charge is -2.19. The molecule has 3 heteroatoms. The Labute approximate surface area is 92.1 Å². The highest BCUT2D eigenvalue weighted by Gasteiger charge is 2.12. The van der Waals surface area contributed by atoms with E-state index in [-0.39, 0.29) is 0 Å². The Bertz CT molecular complexity index is 309. The molecule has 1 aliphatic rings. The van der Waals surface area contributed by atoms with E-state index in [1.54, 1.807) is 0 Å². The maximum Gasteiger partial charge on any atom is 0.122 e. The predicted molar refractivity (Wildman–Crippen MR) is 61.7 cm³/mol. The Morgan fingerprint density at radius 3 is 2.40 bits per heavy atom. The van der Waals surface area contributed by atoms with Crippen LogP contribution in [-0.2, 0) is 13.6 Å². The minimum absolute atomic E-state index is 1.02. The highest BCUT2D eigenvalue weighted by Crippen LogP contribution is 2.12. The Morgan fingerprint density at radius 2 is 1.87 bits per heavy atom. The standard InChI is InChI=1S/C12H21N3/c1-11-9-13-12(14(11)2)10-15-7-5-3-4-6-8-15/h9H,3-8,10H2,1-2H3. The Morgan fingerprint density at radius 1 is 1.20 bits per heavy atom. The van der Waals surface area contributed by atoms with Gasteiger partial charge >= 0.3 is 0 Å². The van der Waals surface area contributed by atoms with E-state index in [2.05, 4.69) is 28.4 Å². The average molecular weight is 207 g/mol. The fourth-order valence-corrected chi connectivity index (χ4v) is 2.19. The summed E-state index contributed by atoms with van der Waals surface area (Å²) in [5.74, 6) is 1.20. The fourth-order valence-electron chi connectivity index (χ4n) is 2.19. The summed E-state index contributed by atoms with van der Waals surface area (Å²) in [5, 5.41) is 0. The second-order valence-electron chi connectivity index (χ2n) is 4.57. The molecule has 0 bridgehead atoms. The van der Waals surface area contributed by atoms with Gasteiger partial charge in [0.1, 0.15) is 5.82 Å². The monoisotopic (exact) mass is 207 g/mol. The molecule has 0 saturated carbocycles. The lowest BCUT2D eigenvalue weighted by atomic mass is 10.2. The number of rotatable bonds is 2. The molecule has 2 heterocycles. The molecule has 1 aromatic heterocycles. The van der Waals surface area contributed by atoms with Gasteiger partial charge in [-0.05, 0) is 32.9 Å². The second-order valence-corrected chi connectivity index (χ2v) is 4.57. The molecule has 0 amide bonds. The smallest absolute Gasteiger partial charge is 0.122 e. The zero-order chi connectivity index (χ0) is 10.7. The summed E-state index contributed by atoms with van der Waals surface area (Å²) in [5.41, 5.74) is 1.25. The summed E-state index contributed by atoms with van der Waals surface area (Å²) < 4.78 is 2.20. The topological polar surface area (TPSA) is 21.1 Å². The van der Waals surface area contributed by atoms with Gasteiger partial charge in [0.15, 0.2) is 0 Å². The van der Waals surface area contributed by atoms with Gasteiger partial charge in [-0.25, -0.2) is 4.98 Å². The van der Waals surface area contributed by atoms with Crippen molar-refractivity contribution in [3.8, 4) is 0 Å². The van der Waals surface area contributed by atoms with Crippen molar-refractivity contribution < 1.29 is 0 Å². The molecule has 0 atom stereocenters. The number of imidazole rings is 1. The van der Waals surface area contributed by atoms with Crippen molar-refractivity contribution in [1.29, 1.82) is 0 Å². The quantitative estimate of drug-likeness (QED) is 0.740. The van der Waals surface area contributed by atoms with Crippen LogP contribution >= 0.6 is 0 Å². The largest absolute Gasteiger partial charge is 0.334 e. The van der Waals surface area contributed by atoms with Gasteiger partial charge in [-0.2, -0.15) is 0 Å².